The number of aryl methyl sites for hydroxylation is 1. The summed E-state index contributed by atoms with van der Waals surface area (Å²) in [5.74, 6) is -1.06. The number of Topliss-reactive ketones (excluding diaryl/α,β-unsaturated/α-hetero) is 1. The Bertz CT molecular complexity index is 1300. The number of nitro groups is 1. The van der Waals surface area contributed by atoms with Gasteiger partial charge in [0.2, 0.25) is 0 Å². The van der Waals surface area contributed by atoms with Gasteiger partial charge in [0.1, 0.15) is 5.82 Å². The standard InChI is InChI=1S/C25H25ClN4O4/c1-13-6-5-7-20(27-13)29-24(32)21-14(2)28-18-11-25(3,4)12-19(31)23(18)22(21)16-10-15(30(33)34)8-9-17(16)26/h5-10,22,28H,11-12H2,1-4H3,(H,27,29,32)/t22-/m0/s1. The monoisotopic (exact) mass is 480 g/mol. The first kappa shape index (κ1) is 23.6. The number of amides is 1. The molecular weight excluding hydrogens is 456 g/mol. The normalized spacial score (nSPS) is 19.4. The number of allylic oxidation sites excluding steroid dienone is 3. The topological polar surface area (TPSA) is 114 Å². The first-order valence-electron chi connectivity index (χ1n) is 10.9. The maximum absolute atomic E-state index is 13.6. The van der Waals surface area contributed by atoms with E-state index in [-0.39, 0.29) is 27.5 Å². The number of carbonyl (C=O) groups excluding carboxylic acids is 2. The molecule has 0 unspecified atom stereocenters. The zero-order valence-electron chi connectivity index (χ0n) is 19.4. The molecule has 34 heavy (non-hydrogen) atoms. The van der Waals surface area contributed by atoms with E-state index in [1.165, 1.54) is 18.2 Å². The van der Waals surface area contributed by atoms with Gasteiger partial charge in [0.15, 0.2) is 5.78 Å². The molecule has 0 fully saturated rings. The summed E-state index contributed by atoms with van der Waals surface area (Å²) in [6.07, 6.45) is 0.896. The van der Waals surface area contributed by atoms with Gasteiger partial charge in [0, 0.05) is 57.7 Å². The fraction of sp³-hybridized carbons (Fsp3) is 0.320. The lowest BCUT2D eigenvalue weighted by Crippen LogP contribution is -2.39. The summed E-state index contributed by atoms with van der Waals surface area (Å²) in [7, 11) is 0. The molecule has 1 aromatic heterocycles. The quantitative estimate of drug-likeness (QED) is 0.459. The average molecular weight is 481 g/mol. The molecule has 0 saturated carbocycles. The van der Waals surface area contributed by atoms with Crippen LogP contribution in [0.15, 0.2) is 58.9 Å². The number of carbonyl (C=O) groups is 2. The maximum Gasteiger partial charge on any atom is 0.269 e. The van der Waals surface area contributed by atoms with Crippen molar-refractivity contribution < 1.29 is 14.5 Å². The highest BCUT2D eigenvalue weighted by Gasteiger charge is 2.43. The predicted molar refractivity (Wildman–Crippen MR) is 129 cm³/mol. The number of aromatic nitrogens is 1. The molecule has 0 bridgehead atoms. The van der Waals surface area contributed by atoms with Crippen molar-refractivity contribution in [3.05, 3.63) is 85.3 Å². The van der Waals surface area contributed by atoms with Gasteiger partial charge in [-0.15, -0.1) is 0 Å². The number of hydrogen-bond acceptors (Lipinski definition) is 6. The number of rotatable bonds is 4. The van der Waals surface area contributed by atoms with Crippen molar-refractivity contribution in [2.45, 2.75) is 46.5 Å². The Morgan fingerprint density at radius 3 is 2.65 bits per heavy atom. The van der Waals surface area contributed by atoms with Gasteiger partial charge in [0.25, 0.3) is 11.6 Å². The Kier molecular flexibility index (Phi) is 6.03. The Hall–Kier alpha value is -3.52. The molecule has 2 aliphatic rings. The lowest BCUT2D eigenvalue weighted by atomic mass is 9.68. The molecule has 1 aliphatic heterocycles. The van der Waals surface area contributed by atoms with E-state index < -0.39 is 16.7 Å². The minimum Gasteiger partial charge on any atom is -0.362 e. The van der Waals surface area contributed by atoms with Crippen LogP contribution in [0.3, 0.4) is 0 Å². The average Bonchev–Trinajstić information content (AvgIpc) is 2.71. The maximum atomic E-state index is 13.6. The number of anilines is 1. The van der Waals surface area contributed by atoms with Crippen molar-refractivity contribution in [1.29, 1.82) is 0 Å². The van der Waals surface area contributed by atoms with Gasteiger partial charge in [-0.05, 0) is 49.4 Å². The van der Waals surface area contributed by atoms with E-state index >= 15 is 0 Å². The van der Waals surface area contributed by atoms with E-state index in [0.717, 1.165) is 11.4 Å². The number of benzene rings is 1. The molecule has 4 rings (SSSR count). The Morgan fingerprint density at radius 2 is 1.97 bits per heavy atom. The highest BCUT2D eigenvalue weighted by atomic mass is 35.5. The Morgan fingerprint density at radius 1 is 1.24 bits per heavy atom. The molecule has 9 heteroatoms. The largest absolute Gasteiger partial charge is 0.362 e. The van der Waals surface area contributed by atoms with Crippen LogP contribution in [0.4, 0.5) is 11.5 Å². The summed E-state index contributed by atoms with van der Waals surface area (Å²) < 4.78 is 0. The Labute approximate surface area is 202 Å². The minimum atomic E-state index is -0.850. The van der Waals surface area contributed by atoms with Crippen LogP contribution in [-0.2, 0) is 9.59 Å². The van der Waals surface area contributed by atoms with Gasteiger partial charge < -0.3 is 10.6 Å². The lowest BCUT2D eigenvalue weighted by Gasteiger charge is -2.39. The van der Waals surface area contributed by atoms with E-state index in [2.05, 4.69) is 15.6 Å². The van der Waals surface area contributed by atoms with Crippen LogP contribution in [0.5, 0.6) is 0 Å². The van der Waals surface area contributed by atoms with Gasteiger partial charge in [-0.1, -0.05) is 31.5 Å². The SMILES string of the molecule is CC1=C(C(=O)Nc2cccc(C)n2)[C@H](c2cc([N+](=O)[O-])ccc2Cl)C2=C(CC(C)(C)CC2=O)N1. The van der Waals surface area contributed by atoms with Crippen molar-refractivity contribution in [3.63, 3.8) is 0 Å². The molecule has 1 aromatic carbocycles. The van der Waals surface area contributed by atoms with E-state index in [1.807, 2.05) is 26.8 Å². The molecule has 2 N–H and O–H groups in total. The van der Waals surface area contributed by atoms with Gasteiger partial charge >= 0.3 is 0 Å². The smallest absolute Gasteiger partial charge is 0.269 e. The molecule has 8 nitrogen and oxygen atoms in total. The van der Waals surface area contributed by atoms with Gasteiger partial charge in [-0.25, -0.2) is 4.98 Å². The third kappa shape index (κ3) is 4.46. The van der Waals surface area contributed by atoms with E-state index in [1.54, 1.807) is 19.1 Å². The Balaban J connectivity index is 1.88. The number of hydrogen-bond donors (Lipinski definition) is 2. The summed E-state index contributed by atoms with van der Waals surface area (Å²) in [6.45, 7) is 7.59. The predicted octanol–water partition coefficient (Wildman–Crippen LogP) is 5.19. The van der Waals surface area contributed by atoms with Crippen molar-refractivity contribution in [2.24, 2.45) is 5.41 Å². The van der Waals surface area contributed by atoms with Crippen LogP contribution in [0.25, 0.3) is 0 Å². The highest BCUT2D eigenvalue weighted by Crippen LogP contribution is 2.48. The third-order valence-corrected chi connectivity index (χ3v) is 6.46. The van der Waals surface area contributed by atoms with Crippen LogP contribution in [-0.4, -0.2) is 21.6 Å². The summed E-state index contributed by atoms with van der Waals surface area (Å²) in [5, 5.41) is 17.8. The zero-order valence-corrected chi connectivity index (χ0v) is 20.1. The molecule has 0 saturated heterocycles. The molecule has 0 spiro atoms. The second kappa shape index (κ2) is 8.68. The number of ketones is 1. The number of non-ortho nitro benzene ring substituents is 1. The van der Waals surface area contributed by atoms with Crippen molar-refractivity contribution in [1.82, 2.24) is 10.3 Å². The van der Waals surface area contributed by atoms with E-state index in [4.69, 9.17) is 11.6 Å². The number of pyridine rings is 1. The number of dihydropyridines is 1. The first-order chi connectivity index (χ1) is 16.0. The molecule has 2 heterocycles. The molecule has 1 amide bonds. The minimum absolute atomic E-state index is 0.113. The van der Waals surface area contributed by atoms with Crippen LogP contribution >= 0.6 is 11.6 Å². The van der Waals surface area contributed by atoms with Gasteiger partial charge in [-0.2, -0.15) is 0 Å². The van der Waals surface area contributed by atoms with Crippen molar-refractivity contribution in [2.75, 3.05) is 5.32 Å². The van der Waals surface area contributed by atoms with Crippen molar-refractivity contribution >= 4 is 34.8 Å². The molecular formula is C25H25ClN4O4. The summed E-state index contributed by atoms with van der Waals surface area (Å²) in [4.78, 5) is 42.3. The number of nitrogens with one attached hydrogen (secondary N) is 2. The fourth-order valence-electron chi connectivity index (χ4n) is 4.71. The number of nitrogens with zero attached hydrogens (tertiary/aromatic N) is 2. The number of halogens is 1. The summed E-state index contributed by atoms with van der Waals surface area (Å²) >= 11 is 6.52. The fourth-order valence-corrected chi connectivity index (χ4v) is 4.94. The summed E-state index contributed by atoms with van der Waals surface area (Å²) in [6, 6.07) is 9.35. The van der Waals surface area contributed by atoms with Crippen LogP contribution in [0.2, 0.25) is 5.02 Å². The highest BCUT2D eigenvalue weighted by molar-refractivity contribution is 6.31. The third-order valence-electron chi connectivity index (χ3n) is 6.12. The van der Waals surface area contributed by atoms with Crippen molar-refractivity contribution in [3.8, 4) is 0 Å². The second-order valence-electron chi connectivity index (χ2n) is 9.51. The molecule has 1 aliphatic carbocycles. The van der Waals surface area contributed by atoms with Crippen LogP contribution in [0.1, 0.15) is 50.8 Å². The number of nitro benzene ring substituents is 1. The molecule has 2 aromatic rings. The van der Waals surface area contributed by atoms with E-state index in [0.29, 0.717) is 35.5 Å². The lowest BCUT2D eigenvalue weighted by molar-refractivity contribution is -0.384. The summed E-state index contributed by atoms with van der Waals surface area (Å²) in [5.41, 5.74) is 2.64. The first-order valence-corrected chi connectivity index (χ1v) is 11.3. The molecule has 0 radical (unpaired) electrons. The van der Waals surface area contributed by atoms with E-state index in [9.17, 15) is 19.7 Å². The van der Waals surface area contributed by atoms with Gasteiger partial charge in [0.05, 0.1) is 4.92 Å². The van der Waals surface area contributed by atoms with Crippen LogP contribution < -0.4 is 10.6 Å². The second-order valence-corrected chi connectivity index (χ2v) is 9.92. The zero-order chi connectivity index (χ0) is 24.8. The molecule has 1 atom stereocenters. The molecule has 176 valence electrons. The van der Waals surface area contributed by atoms with Gasteiger partial charge in [-0.3, -0.25) is 19.7 Å². The van der Waals surface area contributed by atoms with Crippen LogP contribution in [0, 0.1) is 22.5 Å².